The minimum atomic E-state index is -0.0446. The lowest BCUT2D eigenvalue weighted by Gasteiger charge is -2.33. The van der Waals surface area contributed by atoms with E-state index in [2.05, 4.69) is 44.2 Å². The molecule has 3 heterocycles. The molecule has 30 heavy (non-hydrogen) atoms. The quantitative estimate of drug-likeness (QED) is 0.782. The van der Waals surface area contributed by atoms with E-state index in [4.69, 9.17) is 4.74 Å². The number of aromatic nitrogens is 1. The Hall–Kier alpha value is -2.48. The Morgan fingerprint density at radius 1 is 1.03 bits per heavy atom. The van der Waals surface area contributed by atoms with E-state index in [0.717, 1.165) is 76.0 Å². The van der Waals surface area contributed by atoms with Crippen molar-refractivity contribution < 1.29 is 9.53 Å². The number of amides is 1. The number of rotatable bonds is 6. The number of carbonyl (C=O) groups excluding carboxylic acids is 1. The molecule has 0 saturated carbocycles. The third-order valence-corrected chi connectivity index (χ3v) is 5.79. The van der Waals surface area contributed by atoms with Gasteiger partial charge in [-0.2, -0.15) is 0 Å². The first kappa shape index (κ1) is 20.8. The SMILES string of the molecule is CN1CCN(c2cc(CNC(=O)c3cccc(CN4CCOCC4)c3)ccn2)CC1. The molecule has 1 amide bonds. The Labute approximate surface area is 178 Å². The number of likely N-dealkylation sites (N-methyl/N-ethyl adjacent to an activating group) is 1. The average molecular weight is 410 g/mol. The predicted octanol–water partition coefficient (Wildman–Crippen LogP) is 1.60. The van der Waals surface area contributed by atoms with Gasteiger partial charge in [-0.05, 0) is 42.4 Å². The van der Waals surface area contributed by atoms with E-state index in [9.17, 15) is 4.79 Å². The lowest BCUT2D eigenvalue weighted by atomic mass is 10.1. The normalized spacial score (nSPS) is 18.4. The van der Waals surface area contributed by atoms with E-state index in [0.29, 0.717) is 12.1 Å². The number of pyridine rings is 1. The Morgan fingerprint density at radius 2 is 1.83 bits per heavy atom. The van der Waals surface area contributed by atoms with Crippen LogP contribution in [0.2, 0.25) is 0 Å². The molecule has 2 aromatic rings. The van der Waals surface area contributed by atoms with E-state index >= 15 is 0 Å². The van der Waals surface area contributed by atoms with Crippen molar-refractivity contribution in [2.75, 3.05) is 64.4 Å². The Morgan fingerprint density at radius 3 is 2.63 bits per heavy atom. The molecule has 7 nitrogen and oxygen atoms in total. The van der Waals surface area contributed by atoms with E-state index in [-0.39, 0.29) is 5.91 Å². The molecule has 0 bridgehead atoms. The summed E-state index contributed by atoms with van der Waals surface area (Å²) in [6, 6.07) is 12.0. The summed E-state index contributed by atoms with van der Waals surface area (Å²) in [4.78, 5) is 24.2. The largest absolute Gasteiger partial charge is 0.379 e. The summed E-state index contributed by atoms with van der Waals surface area (Å²) in [6.07, 6.45) is 1.83. The number of morpholine rings is 1. The topological polar surface area (TPSA) is 60.9 Å². The lowest BCUT2D eigenvalue weighted by Crippen LogP contribution is -2.44. The van der Waals surface area contributed by atoms with Gasteiger partial charge in [0.25, 0.3) is 5.91 Å². The average Bonchev–Trinajstić information content (AvgIpc) is 2.79. The van der Waals surface area contributed by atoms with Crippen molar-refractivity contribution in [2.45, 2.75) is 13.1 Å². The van der Waals surface area contributed by atoms with Crippen molar-refractivity contribution in [2.24, 2.45) is 0 Å². The first-order valence-electron chi connectivity index (χ1n) is 10.7. The van der Waals surface area contributed by atoms with Crippen LogP contribution in [0.25, 0.3) is 0 Å². The van der Waals surface area contributed by atoms with Gasteiger partial charge in [0.05, 0.1) is 13.2 Å². The number of piperazine rings is 1. The maximum absolute atomic E-state index is 12.7. The molecule has 7 heteroatoms. The van der Waals surface area contributed by atoms with Crippen LogP contribution in [0, 0.1) is 0 Å². The van der Waals surface area contributed by atoms with E-state index in [1.165, 1.54) is 0 Å². The van der Waals surface area contributed by atoms with Gasteiger partial charge in [0.15, 0.2) is 0 Å². The first-order chi connectivity index (χ1) is 14.7. The van der Waals surface area contributed by atoms with Crippen molar-refractivity contribution in [1.82, 2.24) is 20.1 Å². The maximum atomic E-state index is 12.7. The van der Waals surface area contributed by atoms with Crippen LogP contribution in [0.3, 0.4) is 0 Å². The molecule has 0 aliphatic carbocycles. The van der Waals surface area contributed by atoms with Crippen LogP contribution in [0.5, 0.6) is 0 Å². The summed E-state index contributed by atoms with van der Waals surface area (Å²) in [6.45, 7) is 8.84. The van der Waals surface area contributed by atoms with Crippen molar-refractivity contribution in [3.8, 4) is 0 Å². The van der Waals surface area contributed by atoms with Gasteiger partial charge in [0, 0.05) is 64.1 Å². The first-order valence-corrected chi connectivity index (χ1v) is 10.7. The molecule has 2 fully saturated rings. The van der Waals surface area contributed by atoms with Crippen LogP contribution in [-0.4, -0.2) is 80.2 Å². The number of anilines is 1. The van der Waals surface area contributed by atoms with Crippen molar-refractivity contribution in [1.29, 1.82) is 0 Å². The van der Waals surface area contributed by atoms with Gasteiger partial charge in [-0.3, -0.25) is 9.69 Å². The zero-order chi connectivity index (χ0) is 20.8. The molecule has 4 rings (SSSR count). The summed E-state index contributed by atoms with van der Waals surface area (Å²) in [5.41, 5.74) is 2.93. The van der Waals surface area contributed by atoms with Crippen molar-refractivity contribution >= 4 is 11.7 Å². The van der Waals surface area contributed by atoms with Crippen molar-refractivity contribution in [3.63, 3.8) is 0 Å². The van der Waals surface area contributed by atoms with Gasteiger partial charge in [-0.25, -0.2) is 4.98 Å². The monoisotopic (exact) mass is 409 g/mol. The van der Waals surface area contributed by atoms with E-state index in [1.54, 1.807) is 0 Å². The Kier molecular flexibility index (Phi) is 6.94. The van der Waals surface area contributed by atoms with Crippen molar-refractivity contribution in [3.05, 3.63) is 59.3 Å². The number of ether oxygens (including phenoxy) is 1. The van der Waals surface area contributed by atoms with Crippen LogP contribution < -0.4 is 10.2 Å². The molecular weight excluding hydrogens is 378 g/mol. The fraction of sp³-hybridized carbons (Fsp3) is 0.478. The van der Waals surface area contributed by atoms with Gasteiger partial charge in [-0.15, -0.1) is 0 Å². The van der Waals surface area contributed by atoms with Gasteiger partial charge in [-0.1, -0.05) is 12.1 Å². The molecule has 2 saturated heterocycles. The number of nitrogens with zero attached hydrogens (tertiary/aromatic N) is 4. The lowest BCUT2D eigenvalue weighted by molar-refractivity contribution is 0.0342. The Balaban J connectivity index is 1.33. The highest BCUT2D eigenvalue weighted by molar-refractivity contribution is 5.94. The highest BCUT2D eigenvalue weighted by Gasteiger charge is 2.16. The van der Waals surface area contributed by atoms with Crippen LogP contribution in [0.15, 0.2) is 42.6 Å². The molecule has 0 unspecified atom stereocenters. The third kappa shape index (κ3) is 5.56. The highest BCUT2D eigenvalue weighted by atomic mass is 16.5. The second kappa shape index (κ2) is 10.0. The third-order valence-electron chi connectivity index (χ3n) is 5.79. The number of benzene rings is 1. The second-order valence-electron chi connectivity index (χ2n) is 8.08. The van der Waals surface area contributed by atoms with Gasteiger partial charge < -0.3 is 19.9 Å². The molecule has 2 aliphatic rings. The molecule has 2 aliphatic heterocycles. The maximum Gasteiger partial charge on any atom is 0.251 e. The van der Waals surface area contributed by atoms with Gasteiger partial charge >= 0.3 is 0 Å². The summed E-state index contributed by atoms with van der Waals surface area (Å²) in [5, 5.41) is 3.06. The van der Waals surface area contributed by atoms with E-state index < -0.39 is 0 Å². The summed E-state index contributed by atoms with van der Waals surface area (Å²) >= 11 is 0. The fourth-order valence-corrected chi connectivity index (χ4v) is 3.89. The van der Waals surface area contributed by atoms with Gasteiger partial charge in [0.2, 0.25) is 0 Å². The predicted molar refractivity (Wildman–Crippen MR) is 118 cm³/mol. The number of hydrogen-bond acceptors (Lipinski definition) is 6. The number of carbonyl (C=O) groups is 1. The molecule has 1 aromatic carbocycles. The summed E-state index contributed by atoms with van der Waals surface area (Å²) in [7, 11) is 2.15. The standard InChI is InChI=1S/C23H31N5O2/c1-26-7-9-28(10-8-26)22-16-19(5-6-24-22)17-25-23(29)21-4-2-3-20(15-21)18-27-11-13-30-14-12-27/h2-6,15-16H,7-14,17-18H2,1H3,(H,25,29). The molecule has 0 atom stereocenters. The Bertz CT molecular complexity index is 845. The fourth-order valence-electron chi connectivity index (χ4n) is 3.89. The molecule has 1 N–H and O–H groups in total. The molecule has 0 radical (unpaired) electrons. The van der Waals surface area contributed by atoms with E-state index in [1.807, 2.05) is 30.5 Å². The van der Waals surface area contributed by atoms with Crippen LogP contribution in [0.1, 0.15) is 21.5 Å². The van der Waals surface area contributed by atoms with Crippen LogP contribution >= 0.6 is 0 Å². The van der Waals surface area contributed by atoms with Gasteiger partial charge in [0.1, 0.15) is 5.82 Å². The number of hydrogen-bond donors (Lipinski definition) is 1. The second-order valence-corrected chi connectivity index (χ2v) is 8.08. The smallest absolute Gasteiger partial charge is 0.251 e. The summed E-state index contributed by atoms with van der Waals surface area (Å²) < 4.78 is 5.41. The number of nitrogens with one attached hydrogen (secondary N) is 1. The van der Waals surface area contributed by atoms with Crippen LogP contribution in [-0.2, 0) is 17.8 Å². The molecule has 0 spiro atoms. The highest BCUT2D eigenvalue weighted by Crippen LogP contribution is 2.15. The zero-order valence-electron chi connectivity index (χ0n) is 17.7. The summed E-state index contributed by atoms with van der Waals surface area (Å²) in [5.74, 6) is 0.944. The minimum absolute atomic E-state index is 0.0446. The minimum Gasteiger partial charge on any atom is -0.379 e. The molecule has 1 aromatic heterocycles. The van der Waals surface area contributed by atoms with Crippen LogP contribution in [0.4, 0.5) is 5.82 Å². The molecule has 160 valence electrons. The molecular formula is C23H31N5O2. The zero-order valence-corrected chi connectivity index (χ0v) is 17.7.